The second-order valence-electron chi connectivity index (χ2n) is 7.17. The van der Waals surface area contributed by atoms with E-state index in [1.165, 1.54) is 0 Å². The van der Waals surface area contributed by atoms with Crippen LogP contribution < -0.4 is 16.2 Å². The molecule has 3 rings (SSSR count). The number of aromatic nitrogens is 2. The Bertz CT molecular complexity index is 1080. The number of carbonyl (C=O) groups is 2. The number of H-pyrrole nitrogens is 1. The third-order valence-electron chi connectivity index (χ3n) is 4.65. The van der Waals surface area contributed by atoms with Gasteiger partial charge in [0.1, 0.15) is 0 Å². The van der Waals surface area contributed by atoms with Crippen molar-refractivity contribution in [1.82, 2.24) is 15.5 Å². The quantitative estimate of drug-likeness (QED) is 0.634. The Kier molecular flexibility index (Phi) is 5.26. The van der Waals surface area contributed by atoms with Gasteiger partial charge in [-0.05, 0) is 50.6 Å². The second kappa shape index (κ2) is 7.64. The van der Waals surface area contributed by atoms with E-state index in [1.54, 1.807) is 48.5 Å². The third kappa shape index (κ3) is 4.09. The highest BCUT2D eigenvalue weighted by Crippen LogP contribution is 2.16. The van der Waals surface area contributed by atoms with E-state index in [0.717, 1.165) is 6.42 Å². The van der Waals surface area contributed by atoms with Gasteiger partial charge < -0.3 is 10.6 Å². The number of aromatic amines is 1. The van der Waals surface area contributed by atoms with Crippen LogP contribution in [0, 0.1) is 0 Å². The molecule has 0 aliphatic rings. The van der Waals surface area contributed by atoms with E-state index < -0.39 is 5.91 Å². The highest BCUT2D eigenvalue weighted by Gasteiger charge is 2.19. The molecule has 0 saturated heterocycles. The van der Waals surface area contributed by atoms with Gasteiger partial charge in [-0.25, -0.2) is 5.10 Å². The van der Waals surface area contributed by atoms with Crippen molar-refractivity contribution in [3.8, 4) is 0 Å². The Hall–Kier alpha value is -3.48. The summed E-state index contributed by atoms with van der Waals surface area (Å²) >= 11 is 0. The zero-order valence-corrected chi connectivity index (χ0v) is 16.0. The Labute approximate surface area is 162 Å². The predicted molar refractivity (Wildman–Crippen MR) is 109 cm³/mol. The van der Waals surface area contributed by atoms with Crippen LogP contribution in [-0.4, -0.2) is 27.6 Å². The number of anilines is 1. The summed E-state index contributed by atoms with van der Waals surface area (Å²) in [6.45, 7) is 5.93. The van der Waals surface area contributed by atoms with Gasteiger partial charge in [0.25, 0.3) is 17.4 Å². The van der Waals surface area contributed by atoms with Gasteiger partial charge in [0.15, 0.2) is 5.69 Å². The van der Waals surface area contributed by atoms with E-state index in [9.17, 15) is 14.4 Å². The topological polar surface area (TPSA) is 104 Å². The number of rotatable bonds is 5. The minimum Gasteiger partial charge on any atom is -0.347 e. The first-order valence-corrected chi connectivity index (χ1v) is 9.02. The van der Waals surface area contributed by atoms with Gasteiger partial charge in [0, 0.05) is 22.2 Å². The molecule has 1 heterocycles. The lowest BCUT2D eigenvalue weighted by Gasteiger charge is -2.24. The van der Waals surface area contributed by atoms with Gasteiger partial charge in [0.2, 0.25) is 0 Å². The molecule has 2 aromatic carbocycles. The molecule has 28 heavy (non-hydrogen) atoms. The number of carbonyl (C=O) groups excluding carboxylic acids is 2. The molecule has 0 spiro atoms. The molecule has 0 aliphatic carbocycles. The highest BCUT2D eigenvalue weighted by molar-refractivity contribution is 6.11. The molecule has 0 radical (unpaired) electrons. The van der Waals surface area contributed by atoms with Crippen LogP contribution in [0.25, 0.3) is 10.8 Å². The summed E-state index contributed by atoms with van der Waals surface area (Å²) in [5.74, 6) is -0.616. The van der Waals surface area contributed by atoms with Crippen LogP contribution in [-0.2, 0) is 0 Å². The Balaban J connectivity index is 1.78. The average Bonchev–Trinajstić information content (AvgIpc) is 2.68. The van der Waals surface area contributed by atoms with Gasteiger partial charge in [-0.1, -0.05) is 25.1 Å². The third-order valence-corrected chi connectivity index (χ3v) is 4.65. The van der Waals surface area contributed by atoms with E-state index in [2.05, 4.69) is 20.8 Å². The fourth-order valence-electron chi connectivity index (χ4n) is 2.65. The number of fused-ring (bicyclic) bond motifs is 1. The van der Waals surface area contributed by atoms with Crippen molar-refractivity contribution in [3.05, 3.63) is 70.1 Å². The summed E-state index contributed by atoms with van der Waals surface area (Å²) in [7, 11) is 0. The van der Waals surface area contributed by atoms with Crippen LogP contribution in [0.4, 0.5) is 5.69 Å². The molecule has 7 heteroatoms. The SMILES string of the molecule is CCC(C)(C)NC(=O)c1ccc(NC(=O)c2n[nH]c(=O)c3ccccc23)cc1. The summed E-state index contributed by atoms with van der Waals surface area (Å²) < 4.78 is 0. The molecule has 1 aromatic heterocycles. The summed E-state index contributed by atoms with van der Waals surface area (Å²) in [4.78, 5) is 36.8. The van der Waals surface area contributed by atoms with Crippen molar-refractivity contribution in [3.63, 3.8) is 0 Å². The van der Waals surface area contributed by atoms with Crippen LogP contribution in [0.2, 0.25) is 0 Å². The first-order valence-electron chi connectivity index (χ1n) is 9.02. The number of hydrogen-bond donors (Lipinski definition) is 3. The Morgan fingerprint density at radius 1 is 1.00 bits per heavy atom. The molecule has 0 bridgehead atoms. The maximum atomic E-state index is 12.6. The van der Waals surface area contributed by atoms with Crippen LogP contribution in [0.15, 0.2) is 53.3 Å². The largest absolute Gasteiger partial charge is 0.347 e. The van der Waals surface area contributed by atoms with Crippen molar-refractivity contribution >= 4 is 28.3 Å². The molecule has 144 valence electrons. The molecule has 2 amide bonds. The first-order chi connectivity index (χ1) is 13.3. The van der Waals surface area contributed by atoms with Crippen molar-refractivity contribution < 1.29 is 9.59 Å². The second-order valence-corrected chi connectivity index (χ2v) is 7.17. The number of amides is 2. The zero-order chi connectivity index (χ0) is 20.3. The molecule has 0 aliphatic heterocycles. The molecule has 3 N–H and O–H groups in total. The Morgan fingerprint density at radius 2 is 1.64 bits per heavy atom. The lowest BCUT2D eigenvalue weighted by atomic mass is 10.0. The maximum Gasteiger partial charge on any atom is 0.276 e. The van der Waals surface area contributed by atoms with E-state index in [0.29, 0.717) is 22.0 Å². The molecular weight excluding hydrogens is 356 g/mol. The van der Waals surface area contributed by atoms with E-state index in [-0.39, 0.29) is 22.7 Å². The summed E-state index contributed by atoms with van der Waals surface area (Å²) in [6, 6.07) is 13.4. The van der Waals surface area contributed by atoms with Crippen molar-refractivity contribution in [2.45, 2.75) is 32.7 Å². The van der Waals surface area contributed by atoms with Crippen LogP contribution >= 0.6 is 0 Å². The van der Waals surface area contributed by atoms with Gasteiger partial charge in [-0.2, -0.15) is 5.10 Å². The van der Waals surface area contributed by atoms with E-state index in [4.69, 9.17) is 0 Å². The predicted octanol–water partition coefficient (Wildman–Crippen LogP) is 3.09. The fourth-order valence-corrected chi connectivity index (χ4v) is 2.65. The lowest BCUT2D eigenvalue weighted by Crippen LogP contribution is -2.42. The fraction of sp³-hybridized carbons (Fsp3) is 0.238. The highest BCUT2D eigenvalue weighted by atomic mass is 16.2. The van der Waals surface area contributed by atoms with Crippen LogP contribution in [0.3, 0.4) is 0 Å². The standard InChI is InChI=1S/C21H22N4O3/c1-4-21(2,3)23-18(26)13-9-11-14(12-10-13)22-20(28)17-15-7-5-6-8-16(15)19(27)25-24-17/h5-12H,4H2,1-3H3,(H,22,28)(H,23,26)(H,25,27). The molecular formula is C21H22N4O3. The smallest absolute Gasteiger partial charge is 0.276 e. The van der Waals surface area contributed by atoms with Gasteiger partial charge in [0.05, 0.1) is 5.39 Å². The van der Waals surface area contributed by atoms with Gasteiger partial charge >= 0.3 is 0 Å². The Morgan fingerprint density at radius 3 is 2.29 bits per heavy atom. The van der Waals surface area contributed by atoms with Gasteiger partial charge in [-0.15, -0.1) is 0 Å². The summed E-state index contributed by atoms with van der Waals surface area (Å²) in [5, 5.41) is 12.8. The van der Waals surface area contributed by atoms with Crippen molar-refractivity contribution in [2.75, 3.05) is 5.32 Å². The number of nitrogens with one attached hydrogen (secondary N) is 3. The minimum atomic E-state index is -0.447. The minimum absolute atomic E-state index is 0.127. The maximum absolute atomic E-state index is 12.6. The normalized spacial score (nSPS) is 11.2. The number of nitrogens with zero attached hydrogens (tertiary/aromatic N) is 1. The first kappa shape index (κ1) is 19.3. The molecule has 7 nitrogen and oxygen atoms in total. The van der Waals surface area contributed by atoms with Crippen molar-refractivity contribution in [1.29, 1.82) is 0 Å². The molecule has 0 fully saturated rings. The van der Waals surface area contributed by atoms with Crippen molar-refractivity contribution in [2.24, 2.45) is 0 Å². The average molecular weight is 378 g/mol. The monoisotopic (exact) mass is 378 g/mol. The van der Waals surface area contributed by atoms with Crippen LogP contribution in [0.1, 0.15) is 48.0 Å². The molecule has 3 aromatic rings. The van der Waals surface area contributed by atoms with E-state index >= 15 is 0 Å². The zero-order valence-electron chi connectivity index (χ0n) is 16.0. The molecule has 0 unspecified atom stereocenters. The summed E-state index contributed by atoms with van der Waals surface area (Å²) in [5.41, 5.74) is 0.515. The number of hydrogen-bond acceptors (Lipinski definition) is 4. The lowest BCUT2D eigenvalue weighted by molar-refractivity contribution is 0.0911. The van der Waals surface area contributed by atoms with Crippen LogP contribution in [0.5, 0.6) is 0 Å². The van der Waals surface area contributed by atoms with E-state index in [1.807, 2.05) is 20.8 Å². The molecule has 0 atom stereocenters. The summed E-state index contributed by atoms with van der Waals surface area (Å²) in [6.07, 6.45) is 0.813. The van der Waals surface area contributed by atoms with Gasteiger partial charge in [-0.3, -0.25) is 14.4 Å². The number of benzene rings is 2. The molecule has 0 saturated carbocycles.